The summed E-state index contributed by atoms with van der Waals surface area (Å²) < 4.78 is 17.8. The Labute approximate surface area is 271 Å². The van der Waals surface area contributed by atoms with Crippen LogP contribution < -0.4 is 30.2 Å². The molecule has 0 saturated carbocycles. The lowest BCUT2D eigenvalue weighted by molar-refractivity contribution is 0.0459. The molecule has 10 heteroatoms. The van der Waals surface area contributed by atoms with Crippen molar-refractivity contribution < 1.29 is 28.9 Å². The number of hydrogen-bond acceptors (Lipinski definition) is 7. The zero-order chi connectivity index (χ0) is 32.5. The van der Waals surface area contributed by atoms with Crippen LogP contribution in [-0.4, -0.2) is 66.4 Å². The highest BCUT2D eigenvalue weighted by Gasteiger charge is 2.41. The summed E-state index contributed by atoms with van der Waals surface area (Å²) in [6, 6.07) is 20.5. The number of benzene rings is 3. The molecular formula is C36H46N4O6. The predicted molar refractivity (Wildman–Crippen MR) is 179 cm³/mol. The van der Waals surface area contributed by atoms with Crippen molar-refractivity contribution in [2.75, 3.05) is 30.9 Å². The maximum absolute atomic E-state index is 12.9. The minimum absolute atomic E-state index is 0.121. The second-order valence-electron chi connectivity index (χ2n) is 12.0. The van der Waals surface area contributed by atoms with E-state index in [0.717, 1.165) is 44.4 Å². The molecule has 46 heavy (non-hydrogen) atoms. The number of anilines is 2. The maximum atomic E-state index is 12.9. The van der Waals surface area contributed by atoms with Gasteiger partial charge in [0.05, 0.1) is 7.11 Å². The third-order valence-corrected chi connectivity index (χ3v) is 8.92. The van der Waals surface area contributed by atoms with E-state index in [9.17, 15) is 14.7 Å². The molecule has 2 fully saturated rings. The van der Waals surface area contributed by atoms with E-state index >= 15 is 0 Å². The molecule has 4 N–H and O–H groups in total. The molecule has 3 amide bonds. The highest BCUT2D eigenvalue weighted by Crippen LogP contribution is 2.37. The fraction of sp³-hybridized carbons (Fsp3) is 0.444. The van der Waals surface area contributed by atoms with E-state index in [1.807, 2.05) is 26.0 Å². The number of carbonyl (C=O) groups is 2. The van der Waals surface area contributed by atoms with Gasteiger partial charge in [-0.25, -0.2) is 4.79 Å². The number of amides is 3. The number of rotatable bonds is 14. The van der Waals surface area contributed by atoms with Crippen molar-refractivity contribution in [2.45, 2.75) is 83.0 Å². The molecular weight excluding hydrogens is 584 g/mol. The van der Waals surface area contributed by atoms with Gasteiger partial charge < -0.3 is 35.3 Å². The van der Waals surface area contributed by atoms with Crippen LogP contribution in [0.25, 0.3) is 0 Å². The summed E-state index contributed by atoms with van der Waals surface area (Å²) in [4.78, 5) is 27.8. The third-order valence-electron chi connectivity index (χ3n) is 8.92. The fourth-order valence-electron chi connectivity index (χ4n) is 6.43. The van der Waals surface area contributed by atoms with E-state index in [2.05, 4.69) is 20.9 Å². The smallest absolute Gasteiger partial charge is 0.319 e. The monoisotopic (exact) mass is 630 g/mol. The Kier molecular flexibility index (Phi) is 11.4. The van der Waals surface area contributed by atoms with Crippen LogP contribution in [0.5, 0.6) is 23.0 Å². The number of fused-ring (bicyclic) bond motifs is 2. The van der Waals surface area contributed by atoms with E-state index < -0.39 is 0 Å². The van der Waals surface area contributed by atoms with Crippen LogP contribution in [0.2, 0.25) is 0 Å². The van der Waals surface area contributed by atoms with Crippen LogP contribution in [0.4, 0.5) is 16.2 Å². The summed E-state index contributed by atoms with van der Waals surface area (Å²) in [6.45, 7) is 5.27. The van der Waals surface area contributed by atoms with Gasteiger partial charge in [0, 0.05) is 54.3 Å². The average Bonchev–Trinajstić information content (AvgIpc) is 3.31. The molecule has 0 aliphatic carbocycles. The second kappa shape index (κ2) is 15.8. The van der Waals surface area contributed by atoms with Gasteiger partial charge in [-0.05, 0) is 106 Å². The van der Waals surface area contributed by atoms with Gasteiger partial charge in [-0.2, -0.15) is 0 Å². The van der Waals surface area contributed by atoms with Gasteiger partial charge in [0.25, 0.3) is 5.91 Å². The minimum atomic E-state index is -0.264. The number of aliphatic hydroxyl groups excluding tert-OH is 1. The van der Waals surface area contributed by atoms with Crippen LogP contribution >= 0.6 is 0 Å². The van der Waals surface area contributed by atoms with Crippen molar-refractivity contribution in [3.8, 4) is 23.0 Å². The van der Waals surface area contributed by atoms with E-state index in [-0.39, 0.29) is 30.7 Å². The molecule has 0 aromatic heterocycles. The number of aliphatic hydroxyl groups is 1. The summed E-state index contributed by atoms with van der Waals surface area (Å²) in [5.74, 6) is 2.09. The first-order valence-electron chi connectivity index (χ1n) is 16.4. The van der Waals surface area contributed by atoms with Crippen LogP contribution in [0, 0.1) is 0 Å². The highest BCUT2D eigenvalue weighted by molar-refractivity contribution is 6.04. The van der Waals surface area contributed by atoms with Gasteiger partial charge >= 0.3 is 6.03 Å². The quantitative estimate of drug-likeness (QED) is 0.154. The summed E-state index contributed by atoms with van der Waals surface area (Å²) in [5.41, 5.74) is 1.77. The molecule has 3 aromatic carbocycles. The highest BCUT2D eigenvalue weighted by atomic mass is 16.5. The molecule has 3 aromatic rings. The molecule has 2 aliphatic heterocycles. The first-order valence-corrected chi connectivity index (χ1v) is 16.4. The van der Waals surface area contributed by atoms with E-state index in [1.54, 1.807) is 61.7 Å². The Hall–Kier alpha value is -4.28. The van der Waals surface area contributed by atoms with Crippen molar-refractivity contribution >= 4 is 23.3 Å². The van der Waals surface area contributed by atoms with Gasteiger partial charge in [0.15, 0.2) is 11.5 Å². The van der Waals surface area contributed by atoms with Crippen molar-refractivity contribution in [2.24, 2.45) is 0 Å². The van der Waals surface area contributed by atoms with Crippen molar-refractivity contribution in [1.29, 1.82) is 0 Å². The number of methoxy groups -OCH3 is 1. The van der Waals surface area contributed by atoms with Crippen LogP contribution in [-0.2, 0) is 0 Å². The molecule has 246 valence electrons. The van der Waals surface area contributed by atoms with E-state index in [1.165, 1.54) is 12.8 Å². The lowest BCUT2D eigenvalue weighted by Crippen LogP contribution is -2.46. The van der Waals surface area contributed by atoms with Crippen LogP contribution in [0.1, 0.15) is 69.2 Å². The molecule has 2 saturated heterocycles. The topological polar surface area (TPSA) is 121 Å². The van der Waals surface area contributed by atoms with Gasteiger partial charge in [-0.3, -0.25) is 9.69 Å². The normalized spacial score (nSPS) is 19.0. The first kappa shape index (κ1) is 33.1. The molecule has 0 radical (unpaired) electrons. The predicted octanol–water partition coefficient (Wildman–Crippen LogP) is 6.81. The van der Waals surface area contributed by atoms with Gasteiger partial charge in [-0.15, -0.1) is 0 Å². The fourth-order valence-corrected chi connectivity index (χ4v) is 6.43. The number of nitrogens with one attached hydrogen (secondary N) is 3. The maximum Gasteiger partial charge on any atom is 0.319 e. The number of urea groups is 1. The van der Waals surface area contributed by atoms with Gasteiger partial charge in [-0.1, -0.05) is 13.8 Å². The average molecular weight is 631 g/mol. The number of piperidine rings is 1. The number of nitrogens with zero attached hydrogens (tertiary/aromatic N) is 1. The molecule has 10 nitrogen and oxygen atoms in total. The Balaban J connectivity index is 1.11. The molecule has 2 unspecified atom stereocenters. The first-order chi connectivity index (χ1) is 22.4. The van der Waals surface area contributed by atoms with Crippen LogP contribution in [0.15, 0.2) is 66.7 Å². The Morgan fingerprint density at radius 2 is 1.52 bits per heavy atom. The summed E-state index contributed by atoms with van der Waals surface area (Å²) in [7, 11) is 1.54. The zero-order valence-electron chi connectivity index (χ0n) is 27.0. The second-order valence-corrected chi connectivity index (χ2v) is 12.0. The standard InChI is InChI=1S/C36H46N4O6/c1-4-25(5-2)38-36(43)39-27-11-18-33(34(21-27)44-3)46-31-16-9-26(10-17-31)37-35(42)24-7-14-30(15-8-24)45-32-22-28-12-13-29(23-32)40(28)19-6-20-41/h7-11,14-18,21,25,28-29,32,41H,4-6,12-13,19-20,22-23H2,1-3H3,(H,37,42)(H2,38,39,43). The summed E-state index contributed by atoms with van der Waals surface area (Å²) in [6.07, 6.45) is 7.10. The zero-order valence-corrected chi connectivity index (χ0v) is 27.0. The molecule has 2 atom stereocenters. The van der Waals surface area contributed by atoms with Gasteiger partial charge in [0.2, 0.25) is 0 Å². The lowest BCUT2D eigenvalue weighted by Gasteiger charge is -2.38. The molecule has 2 aliphatic rings. The van der Waals surface area contributed by atoms with E-state index in [0.29, 0.717) is 46.3 Å². The Bertz CT molecular complexity index is 1430. The van der Waals surface area contributed by atoms with Crippen molar-refractivity contribution in [3.05, 3.63) is 72.3 Å². The summed E-state index contributed by atoms with van der Waals surface area (Å²) in [5, 5.41) is 17.9. The Morgan fingerprint density at radius 3 is 2.15 bits per heavy atom. The Morgan fingerprint density at radius 1 is 0.870 bits per heavy atom. The number of hydrogen-bond donors (Lipinski definition) is 4. The van der Waals surface area contributed by atoms with E-state index in [4.69, 9.17) is 14.2 Å². The molecule has 2 heterocycles. The number of ether oxygens (including phenoxy) is 3. The molecule has 2 bridgehead atoms. The summed E-state index contributed by atoms with van der Waals surface area (Å²) >= 11 is 0. The largest absolute Gasteiger partial charge is 0.493 e. The lowest BCUT2D eigenvalue weighted by atomic mass is 9.99. The molecule has 0 spiro atoms. The van der Waals surface area contributed by atoms with Crippen LogP contribution in [0.3, 0.4) is 0 Å². The minimum Gasteiger partial charge on any atom is -0.493 e. The van der Waals surface area contributed by atoms with Crippen molar-refractivity contribution in [1.82, 2.24) is 10.2 Å². The number of carbonyl (C=O) groups excluding carboxylic acids is 2. The van der Waals surface area contributed by atoms with Gasteiger partial charge in [0.1, 0.15) is 17.6 Å². The van der Waals surface area contributed by atoms with Crippen molar-refractivity contribution in [3.63, 3.8) is 0 Å². The third kappa shape index (κ3) is 8.50. The molecule has 5 rings (SSSR count). The SMILES string of the molecule is CCC(CC)NC(=O)Nc1ccc(Oc2ccc(NC(=O)c3ccc(OC4CC5CCC(C4)N5CCCO)cc3)cc2)c(OC)c1.